The van der Waals surface area contributed by atoms with Crippen molar-refractivity contribution < 1.29 is 9.84 Å². The second-order valence-corrected chi connectivity index (χ2v) is 3.30. The largest absolute Gasteiger partial charge is 0.390 e. The molecule has 0 spiro atoms. The lowest BCUT2D eigenvalue weighted by molar-refractivity contribution is -0.00867. The van der Waals surface area contributed by atoms with Crippen LogP contribution in [0.15, 0.2) is 12.2 Å². The highest BCUT2D eigenvalue weighted by Gasteiger charge is 2.25. The van der Waals surface area contributed by atoms with Gasteiger partial charge in [-0.1, -0.05) is 12.2 Å². The summed E-state index contributed by atoms with van der Waals surface area (Å²) in [6.07, 6.45) is 2.79. The molecule has 0 aromatic heterocycles. The lowest BCUT2D eigenvalue weighted by Crippen LogP contribution is -2.23. The number of ether oxygens (including phenoxy) is 1. The van der Waals surface area contributed by atoms with Crippen molar-refractivity contribution in [2.24, 2.45) is 0 Å². The molecule has 1 aliphatic rings. The highest BCUT2D eigenvalue weighted by Crippen LogP contribution is 2.21. The highest BCUT2D eigenvalue weighted by molar-refractivity contribution is 4.89. The molecule has 0 aromatic rings. The smallest absolute Gasteiger partial charge is 0.0838 e. The van der Waals surface area contributed by atoms with Gasteiger partial charge in [0.1, 0.15) is 0 Å². The van der Waals surface area contributed by atoms with E-state index in [4.69, 9.17) is 4.74 Å². The zero-order valence-electron chi connectivity index (χ0n) is 7.05. The topological polar surface area (TPSA) is 29.5 Å². The summed E-state index contributed by atoms with van der Waals surface area (Å²) in [6, 6.07) is 0. The van der Waals surface area contributed by atoms with Gasteiger partial charge in [0, 0.05) is 0 Å². The van der Waals surface area contributed by atoms with E-state index in [1.165, 1.54) is 0 Å². The van der Waals surface area contributed by atoms with E-state index in [9.17, 15) is 5.11 Å². The number of aliphatic hydroxyl groups is 1. The molecule has 1 N–H and O–H groups in total. The maximum atomic E-state index is 9.35. The van der Waals surface area contributed by atoms with E-state index in [0.29, 0.717) is 6.61 Å². The molecule has 1 aliphatic carbocycles. The number of rotatable bonds is 3. The lowest BCUT2D eigenvalue weighted by atomic mass is 10.2. The van der Waals surface area contributed by atoms with Gasteiger partial charge in [-0.2, -0.15) is 0 Å². The van der Waals surface area contributed by atoms with Crippen molar-refractivity contribution in [2.75, 3.05) is 6.61 Å². The summed E-state index contributed by atoms with van der Waals surface area (Å²) in [5, 5.41) is 9.35. The summed E-state index contributed by atoms with van der Waals surface area (Å²) in [5.41, 5.74) is 1.02. The Bertz CT molecular complexity index is 142. The predicted molar refractivity (Wildman–Crippen MR) is 44.4 cm³/mol. The number of hydrogen-bond donors (Lipinski definition) is 1. The lowest BCUT2D eigenvalue weighted by Gasteiger charge is -2.14. The molecule has 0 radical (unpaired) electrons. The Labute approximate surface area is 67.9 Å². The second kappa shape index (κ2) is 3.88. The zero-order chi connectivity index (χ0) is 8.27. The van der Waals surface area contributed by atoms with Gasteiger partial charge in [-0.25, -0.2) is 0 Å². The third-order valence-corrected chi connectivity index (χ3v) is 1.96. The monoisotopic (exact) mass is 156 g/mol. The van der Waals surface area contributed by atoms with E-state index in [2.05, 4.69) is 6.58 Å². The van der Waals surface area contributed by atoms with Crippen LogP contribution in [-0.4, -0.2) is 23.9 Å². The van der Waals surface area contributed by atoms with E-state index >= 15 is 0 Å². The van der Waals surface area contributed by atoms with E-state index in [1.54, 1.807) is 0 Å². The van der Waals surface area contributed by atoms with Gasteiger partial charge in [-0.3, -0.25) is 0 Å². The summed E-state index contributed by atoms with van der Waals surface area (Å²) in [7, 11) is 0. The Hall–Kier alpha value is -0.340. The van der Waals surface area contributed by atoms with Crippen LogP contribution >= 0.6 is 0 Å². The van der Waals surface area contributed by atoms with Gasteiger partial charge < -0.3 is 9.84 Å². The number of aliphatic hydroxyl groups excluding tert-OH is 1. The molecule has 0 aliphatic heterocycles. The Balaban J connectivity index is 2.20. The van der Waals surface area contributed by atoms with Gasteiger partial charge in [-0.05, 0) is 26.2 Å². The predicted octanol–water partition coefficient (Wildman–Crippen LogP) is 1.49. The van der Waals surface area contributed by atoms with Crippen LogP contribution in [0.4, 0.5) is 0 Å². The fraction of sp³-hybridized carbons (Fsp3) is 0.778. The van der Waals surface area contributed by atoms with Crippen LogP contribution in [0.1, 0.15) is 26.2 Å². The zero-order valence-corrected chi connectivity index (χ0v) is 7.05. The molecule has 64 valence electrons. The molecule has 0 heterocycles. The van der Waals surface area contributed by atoms with E-state index in [0.717, 1.165) is 24.8 Å². The molecule has 11 heavy (non-hydrogen) atoms. The normalized spacial score (nSPS) is 30.7. The molecule has 2 heteroatoms. The molecule has 0 saturated heterocycles. The third-order valence-electron chi connectivity index (χ3n) is 1.96. The summed E-state index contributed by atoms with van der Waals surface area (Å²) < 4.78 is 5.43. The minimum absolute atomic E-state index is 0.0618. The fourth-order valence-electron chi connectivity index (χ4n) is 1.35. The molecule has 2 nitrogen and oxygen atoms in total. The standard InChI is InChI=1S/C9H16O2/c1-7(2)6-11-9-5-3-4-8(9)10/h8-10H,1,3-6H2,2H3. The molecule has 2 atom stereocenters. The SMILES string of the molecule is C=C(C)COC1CCCC1O. The van der Waals surface area contributed by atoms with E-state index in [-0.39, 0.29) is 12.2 Å². The Morgan fingerprint density at radius 2 is 2.36 bits per heavy atom. The van der Waals surface area contributed by atoms with Crippen LogP contribution in [-0.2, 0) is 4.74 Å². The number of hydrogen-bond acceptors (Lipinski definition) is 2. The molecule has 0 bridgehead atoms. The van der Waals surface area contributed by atoms with Crippen LogP contribution in [0.25, 0.3) is 0 Å². The maximum absolute atomic E-state index is 9.35. The summed E-state index contributed by atoms with van der Waals surface area (Å²) in [4.78, 5) is 0. The average Bonchev–Trinajstić information content (AvgIpc) is 2.31. The van der Waals surface area contributed by atoms with Crippen molar-refractivity contribution in [3.05, 3.63) is 12.2 Å². The second-order valence-electron chi connectivity index (χ2n) is 3.30. The van der Waals surface area contributed by atoms with Crippen molar-refractivity contribution in [1.29, 1.82) is 0 Å². The summed E-state index contributed by atoms with van der Waals surface area (Å²) in [6.45, 7) is 6.25. The van der Waals surface area contributed by atoms with Crippen LogP contribution < -0.4 is 0 Å². The maximum Gasteiger partial charge on any atom is 0.0838 e. The molecule has 0 amide bonds. The molecular weight excluding hydrogens is 140 g/mol. The van der Waals surface area contributed by atoms with E-state index < -0.39 is 0 Å². The fourth-order valence-corrected chi connectivity index (χ4v) is 1.35. The van der Waals surface area contributed by atoms with Gasteiger partial charge >= 0.3 is 0 Å². The van der Waals surface area contributed by atoms with Crippen molar-refractivity contribution in [1.82, 2.24) is 0 Å². The summed E-state index contributed by atoms with van der Waals surface area (Å²) in [5.74, 6) is 0. The van der Waals surface area contributed by atoms with E-state index in [1.807, 2.05) is 6.92 Å². The van der Waals surface area contributed by atoms with Crippen molar-refractivity contribution >= 4 is 0 Å². The highest BCUT2D eigenvalue weighted by atomic mass is 16.5. The first-order valence-corrected chi connectivity index (χ1v) is 4.14. The van der Waals surface area contributed by atoms with Gasteiger partial charge in [0.15, 0.2) is 0 Å². The van der Waals surface area contributed by atoms with Gasteiger partial charge in [0.25, 0.3) is 0 Å². The molecule has 1 saturated carbocycles. The first-order valence-electron chi connectivity index (χ1n) is 4.14. The van der Waals surface area contributed by atoms with Gasteiger partial charge in [-0.15, -0.1) is 0 Å². The Morgan fingerprint density at radius 3 is 2.82 bits per heavy atom. The Kier molecular flexibility index (Phi) is 3.09. The quantitative estimate of drug-likeness (QED) is 0.627. The van der Waals surface area contributed by atoms with Gasteiger partial charge in [0.05, 0.1) is 18.8 Å². The van der Waals surface area contributed by atoms with Gasteiger partial charge in [0.2, 0.25) is 0 Å². The van der Waals surface area contributed by atoms with Crippen LogP contribution in [0.2, 0.25) is 0 Å². The molecule has 0 aromatic carbocycles. The first kappa shape index (κ1) is 8.75. The van der Waals surface area contributed by atoms with Crippen molar-refractivity contribution in [3.63, 3.8) is 0 Å². The average molecular weight is 156 g/mol. The van der Waals surface area contributed by atoms with Crippen molar-refractivity contribution in [3.8, 4) is 0 Å². The molecular formula is C9H16O2. The Morgan fingerprint density at radius 1 is 1.64 bits per heavy atom. The van der Waals surface area contributed by atoms with Crippen LogP contribution in [0.3, 0.4) is 0 Å². The molecule has 1 rings (SSSR count). The third kappa shape index (κ3) is 2.64. The molecule has 1 fully saturated rings. The molecule has 2 unspecified atom stereocenters. The summed E-state index contributed by atoms with van der Waals surface area (Å²) >= 11 is 0. The van der Waals surface area contributed by atoms with Crippen LogP contribution in [0, 0.1) is 0 Å². The minimum Gasteiger partial charge on any atom is -0.390 e. The minimum atomic E-state index is -0.241. The van der Waals surface area contributed by atoms with Crippen molar-refractivity contribution in [2.45, 2.75) is 38.4 Å². The van der Waals surface area contributed by atoms with Crippen LogP contribution in [0.5, 0.6) is 0 Å². The first-order chi connectivity index (χ1) is 5.20.